The van der Waals surface area contributed by atoms with E-state index < -0.39 is 0 Å². The number of methoxy groups -OCH3 is 1. The lowest BCUT2D eigenvalue weighted by Gasteiger charge is -2.05. The molecule has 0 fully saturated rings. The Morgan fingerprint density at radius 2 is 2.31 bits per heavy atom. The van der Waals surface area contributed by atoms with Gasteiger partial charge in [0.1, 0.15) is 11.5 Å². The maximum Gasteiger partial charge on any atom is 0.202 e. The number of nitrogens with two attached hydrogens (primary N) is 1. The minimum atomic E-state index is 0.531. The number of hydrogen-bond acceptors (Lipinski definition) is 3. The topological polar surface area (TPSA) is 52.5 Å². The number of nitrogen functional groups attached to an aromatic ring is 1. The van der Waals surface area contributed by atoms with Crippen LogP contribution in [0.2, 0.25) is 5.02 Å². The standard InChI is InChI=1S/C8H8ClN3O/c1-13-8-3-5(9)2-7-11-4-6(10)12(7)8/h2-4H,10H2,1H3. The van der Waals surface area contributed by atoms with Gasteiger partial charge in [-0.15, -0.1) is 0 Å². The molecule has 2 N–H and O–H groups in total. The van der Waals surface area contributed by atoms with Crippen molar-refractivity contribution in [3.63, 3.8) is 0 Å². The highest BCUT2D eigenvalue weighted by molar-refractivity contribution is 6.31. The van der Waals surface area contributed by atoms with Crippen LogP contribution in [0.4, 0.5) is 5.82 Å². The lowest BCUT2D eigenvalue weighted by Crippen LogP contribution is -1.97. The highest BCUT2D eigenvalue weighted by atomic mass is 35.5. The summed E-state index contributed by atoms with van der Waals surface area (Å²) in [6.45, 7) is 0. The van der Waals surface area contributed by atoms with E-state index in [0.29, 0.717) is 22.4 Å². The number of ether oxygens (including phenoxy) is 1. The van der Waals surface area contributed by atoms with Gasteiger partial charge in [-0.05, 0) is 0 Å². The van der Waals surface area contributed by atoms with E-state index >= 15 is 0 Å². The predicted molar refractivity (Wildman–Crippen MR) is 51.2 cm³/mol. The van der Waals surface area contributed by atoms with Crippen LogP contribution in [-0.4, -0.2) is 16.5 Å². The summed E-state index contributed by atoms with van der Waals surface area (Å²) in [4.78, 5) is 4.06. The van der Waals surface area contributed by atoms with Crippen molar-refractivity contribution in [2.24, 2.45) is 0 Å². The molecule has 0 aliphatic carbocycles. The van der Waals surface area contributed by atoms with Crippen LogP contribution in [0.25, 0.3) is 5.65 Å². The van der Waals surface area contributed by atoms with Gasteiger partial charge in [0.25, 0.3) is 0 Å². The summed E-state index contributed by atoms with van der Waals surface area (Å²) in [5, 5.41) is 0.579. The SMILES string of the molecule is COc1cc(Cl)cc2ncc(N)n12. The first-order valence-corrected chi connectivity index (χ1v) is 4.06. The number of halogens is 1. The molecule has 0 bridgehead atoms. The van der Waals surface area contributed by atoms with Crippen molar-refractivity contribution >= 4 is 23.1 Å². The average molecular weight is 198 g/mol. The van der Waals surface area contributed by atoms with E-state index in [0.717, 1.165) is 0 Å². The quantitative estimate of drug-likeness (QED) is 0.755. The molecular formula is C8H8ClN3O. The van der Waals surface area contributed by atoms with Gasteiger partial charge in [0.05, 0.1) is 13.3 Å². The molecule has 2 heterocycles. The Kier molecular flexibility index (Phi) is 1.77. The summed E-state index contributed by atoms with van der Waals surface area (Å²) in [6.07, 6.45) is 1.56. The second-order valence-electron chi connectivity index (χ2n) is 2.59. The highest BCUT2D eigenvalue weighted by Crippen LogP contribution is 2.23. The molecule has 13 heavy (non-hydrogen) atoms. The van der Waals surface area contributed by atoms with Gasteiger partial charge in [-0.25, -0.2) is 9.38 Å². The summed E-state index contributed by atoms with van der Waals surface area (Å²) in [5.41, 5.74) is 6.36. The lowest BCUT2D eigenvalue weighted by atomic mass is 10.4. The second-order valence-corrected chi connectivity index (χ2v) is 3.03. The zero-order chi connectivity index (χ0) is 9.42. The van der Waals surface area contributed by atoms with Gasteiger partial charge in [0.15, 0.2) is 0 Å². The molecule has 0 aromatic carbocycles. The number of fused-ring (bicyclic) bond motifs is 1. The van der Waals surface area contributed by atoms with Crippen molar-refractivity contribution in [1.29, 1.82) is 0 Å². The van der Waals surface area contributed by atoms with Gasteiger partial charge >= 0.3 is 0 Å². The van der Waals surface area contributed by atoms with Crippen LogP contribution in [0, 0.1) is 0 Å². The molecule has 0 atom stereocenters. The number of rotatable bonds is 1. The van der Waals surface area contributed by atoms with Gasteiger partial charge in [-0.2, -0.15) is 0 Å². The van der Waals surface area contributed by atoms with Gasteiger partial charge in [0, 0.05) is 17.2 Å². The molecule has 5 heteroatoms. The molecule has 2 aromatic rings. The van der Waals surface area contributed by atoms with E-state index in [1.807, 2.05) is 0 Å². The maximum absolute atomic E-state index is 5.84. The molecular weight excluding hydrogens is 190 g/mol. The molecule has 2 aromatic heterocycles. The van der Waals surface area contributed by atoms with E-state index in [2.05, 4.69) is 4.98 Å². The van der Waals surface area contributed by atoms with Gasteiger partial charge in [-0.1, -0.05) is 11.6 Å². The first kappa shape index (κ1) is 8.19. The number of anilines is 1. The third-order valence-electron chi connectivity index (χ3n) is 1.77. The molecule has 0 saturated heterocycles. The minimum Gasteiger partial charge on any atom is -0.482 e. The number of pyridine rings is 1. The number of imidazole rings is 1. The van der Waals surface area contributed by atoms with E-state index in [9.17, 15) is 0 Å². The van der Waals surface area contributed by atoms with Gasteiger partial charge in [0.2, 0.25) is 5.88 Å². The van der Waals surface area contributed by atoms with Crippen LogP contribution in [0.15, 0.2) is 18.3 Å². The molecule has 0 amide bonds. The number of hydrogen-bond donors (Lipinski definition) is 1. The molecule has 0 saturated carbocycles. The van der Waals surface area contributed by atoms with Gasteiger partial charge in [-0.3, -0.25) is 0 Å². The molecule has 4 nitrogen and oxygen atoms in total. The minimum absolute atomic E-state index is 0.531. The van der Waals surface area contributed by atoms with Crippen LogP contribution in [0.1, 0.15) is 0 Å². The van der Waals surface area contributed by atoms with Crippen LogP contribution in [0.5, 0.6) is 5.88 Å². The van der Waals surface area contributed by atoms with Crippen molar-refractivity contribution in [1.82, 2.24) is 9.38 Å². The van der Waals surface area contributed by atoms with Gasteiger partial charge < -0.3 is 10.5 Å². The monoisotopic (exact) mass is 197 g/mol. The van der Waals surface area contributed by atoms with Crippen LogP contribution >= 0.6 is 11.6 Å². The summed E-state index contributed by atoms with van der Waals surface area (Å²) < 4.78 is 6.79. The van der Waals surface area contributed by atoms with Crippen LogP contribution in [0.3, 0.4) is 0 Å². The molecule has 0 radical (unpaired) electrons. The first-order chi connectivity index (χ1) is 6.22. The molecule has 0 unspecified atom stereocenters. The largest absolute Gasteiger partial charge is 0.482 e. The Hall–Kier alpha value is -1.42. The van der Waals surface area contributed by atoms with Crippen LogP contribution in [-0.2, 0) is 0 Å². The summed E-state index contributed by atoms with van der Waals surface area (Å²) in [7, 11) is 1.56. The summed E-state index contributed by atoms with van der Waals surface area (Å²) in [5.74, 6) is 1.11. The Morgan fingerprint density at radius 3 is 3.00 bits per heavy atom. The summed E-state index contributed by atoms with van der Waals surface area (Å²) >= 11 is 5.84. The first-order valence-electron chi connectivity index (χ1n) is 3.69. The molecule has 2 rings (SSSR count). The fourth-order valence-electron chi connectivity index (χ4n) is 1.22. The zero-order valence-electron chi connectivity index (χ0n) is 6.99. The third kappa shape index (κ3) is 1.19. The Labute approximate surface area is 79.9 Å². The van der Waals surface area contributed by atoms with E-state index in [4.69, 9.17) is 22.1 Å². The smallest absolute Gasteiger partial charge is 0.202 e. The van der Waals surface area contributed by atoms with Crippen molar-refractivity contribution < 1.29 is 4.74 Å². The average Bonchev–Trinajstić information content (AvgIpc) is 2.46. The number of aromatic nitrogens is 2. The van der Waals surface area contributed by atoms with Crippen molar-refractivity contribution in [3.05, 3.63) is 23.4 Å². The normalized spacial score (nSPS) is 10.6. The van der Waals surface area contributed by atoms with Crippen molar-refractivity contribution in [3.8, 4) is 5.88 Å². The Morgan fingerprint density at radius 1 is 1.54 bits per heavy atom. The van der Waals surface area contributed by atoms with E-state index in [1.165, 1.54) is 0 Å². The van der Waals surface area contributed by atoms with Crippen LogP contribution < -0.4 is 10.5 Å². The highest BCUT2D eigenvalue weighted by Gasteiger charge is 2.06. The Balaban J connectivity index is 2.85. The lowest BCUT2D eigenvalue weighted by molar-refractivity contribution is 0.393. The van der Waals surface area contributed by atoms with E-state index in [1.54, 1.807) is 29.8 Å². The number of nitrogens with zero attached hydrogens (tertiary/aromatic N) is 2. The molecule has 0 spiro atoms. The van der Waals surface area contributed by atoms with E-state index in [-0.39, 0.29) is 0 Å². The Bertz CT molecular complexity index is 452. The molecule has 0 aliphatic rings. The van der Waals surface area contributed by atoms with Crippen molar-refractivity contribution in [2.75, 3.05) is 12.8 Å². The molecule has 0 aliphatic heterocycles. The zero-order valence-corrected chi connectivity index (χ0v) is 7.75. The third-order valence-corrected chi connectivity index (χ3v) is 1.99. The second kappa shape index (κ2) is 2.81. The maximum atomic E-state index is 5.84. The fourth-order valence-corrected chi connectivity index (χ4v) is 1.41. The fraction of sp³-hybridized carbons (Fsp3) is 0.125. The van der Waals surface area contributed by atoms with Crippen molar-refractivity contribution in [2.45, 2.75) is 0 Å². The molecule has 68 valence electrons. The summed E-state index contributed by atoms with van der Waals surface area (Å²) in [6, 6.07) is 3.41. The predicted octanol–water partition coefficient (Wildman–Crippen LogP) is 1.58.